The molecule has 0 aliphatic rings. The maximum Gasteiger partial charge on any atom is 0.206 e. The number of H-pyrrole nitrogens is 1. The molecule has 0 bridgehead atoms. The molecule has 0 aromatic carbocycles. The van der Waals surface area contributed by atoms with Crippen LogP contribution in [0.25, 0.3) is 22.3 Å². The third-order valence-electron chi connectivity index (χ3n) is 4.05. The molecule has 0 amide bonds. The van der Waals surface area contributed by atoms with E-state index >= 15 is 0 Å². The highest BCUT2D eigenvalue weighted by atomic mass is 79.9. The second kappa shape index (κ2) is 6.96. The maximum absolute atomic E-state index is 10.9. The van der Waals surface area contributed by atoms with Crippen LogP contribution in [0.15, 0.2) is 46.9 Å². The van der Waals surface area contributed by atoms with Crippen molar-refractivity contribution in [2.75, 3.05) is 6.54 Å². The number of nitro groups is 1. The van der Waals surface area contributed by atoms with Crippen LogP contribution in [0.3, 0.4) is 0 Å². The highest BCUT2D eigenvalue weighted by Crippen LogP contribution is 2.32. The molecule has 4 aromatic heterocycles. The van der Waals surface area contributed by atoms with Crippen molar-refractivity contribution in [3.05, 3.63) is 61.9 Å². The van der Waals surface area contributed by atoms with Crippen LogP contribution in [-0.2, 0) is 0 Å². The van der Waals surface area contributed by atoms with E-state index in [4.69, 9.17) is 0 Å². The summed E-state index contributed by atoms with van der Waals surface area (Å²) in [4.78, 5) is 23.2. The number of aromatic amines is 1. The van der Waals surface area contributed by atoms with Gasteiger partial charge in [0.1, 0.15) is 12.0 Å². The Balaban J connectivity index is 1.71. The predicted octanol–water partition coefficient (Wildman–Crippen LogP) is 3.90. The highest BCUT2D eigenvalue weighted by molar-refractivity contribution is 9.10. The zero-order valence-corrected chi connectivity index (χ0v) is 15.8. The molecular formula is C16H13BrN6O2S. The van der Waals surface area contributed by atoms with Crippen molar-refractivity contribution in [1.29, 1.82) is 0 Å². The van der Waals surface area contributed by atoms with Gasteiger partial charge < -0.3 is 4.98 Å². The van der Waals surface area contributed by atoms with E-state index in [-0.39, 0.29) is 17.5 Å². The number of fused-ring (bicyclic) bond motifs is 1. The minimum Gasteiger partial charge on any atom is -0.346 e. The summed E-state index contributed by atoms with van der Waals surface area (Å²) in [6.07, 6.45) is 7.30. The summed E-state index contributed by atoms with van der Waals surface area (Å²) in [5.41, 5.74) is 2.39. The van der Waals surface area contributed by atoms with Gasteiger partial charge in [-0.2, -0.15) is 5.10 Å². The van der Waals surface area contributed by atoms with Crippen molar-refractivity contribution in [2.45, 2.75) is 12.5 Å². The van der Waals surface area contributed by atoms with Gasteiger partial charge in [-0.15, -0.1) is 11.3 Å². The lowest BCUT2D eigenvalue weighted by molar-refractivity contribution is -0.481. The number of halogens is 1. The number of hydrogen-bond acceptors (Lipinski definition) is 6. The van der Waals surface area contributed by atoms with Gasteiger partial charge in [0.25, 0.3) is 0 Å². The number of rotatable bonds is 6. The van der Waals surface area contributed by atoms with E-state index in [0.29, 0.717) is 6.42 Å². The first-order valence-corrected chi connectivity index (χ1v) is 9.47. The quantitative estimate of drug-likeness (QED) is 0.367. The van der Waals surface area contributed by atoms with Crippen molar-refractivity contribution in [1.82, 2.24) is 24.7 Å². The van der Waals surface area contributed by atoms with Gasteiger partial charge in [0, 0.05) is 49.4 Å². The van der Waals surface area contributed by atoms with Crippen LogP contribution in [0, 0.1) is 10.1 Å². The normalized spacial score (nSPS) is 12.5. The topological polar surface area (TPSA) is 103 Å². The molecule has 1 atom stereocenters. The standard InChI is InChI=1S/C16H13BrN6O2S/c17-11-5-14(26-8-11)13(2-4-23(24)25)22-7-10(6-21-22)15-12-1-3-18-16(12)20-9-19-15/h1,3,5-9,13H,2,4H2,(H,18,19,20). The van der Waals surface area contributed by atoms with Crippen molar-refractivity contribution in [3.63, 3.8) is 0 Å². The van der Waals surface area contributed by atoms with Crippen LogP contribution in [0.1, 0.15) is 17.3 Å². The summed E-state index contributed by atoms with van der Waals surface area (Å²) in [7, 11) is 0. The summed E-state index contributed by atoms with van der Waals surface area (Å²) < 4.78 is 2.73. The van der Waals surface area contributed by atoms with E-state index < -0.39 is 0 Å². The minimum atomic E-state index is -0.298. The molecule has 0 aliphatic heterocycles. The zero-order valence-electron chi connectivity index (χ0n) is 13.4. The van der Waals surface area contributed by atoms with Gasteiger partial charge in [-0.25, -0.2) is 9.97 Å². The fourth-order valence-corrected chi connectivity index (χ4v) is 4.44. The van der Waals surface area contributed by atoms with Crippen LogP contribution in [0.4, 0.5) is 0 Å². The lowest BCUT2D eigenvalue weighted by Crippen LogP contribution is -2.14. The number of thiophene rings is 1. The molecule has 4 heterocycles. The van der Waals surface area contributed by atoms with Gasteiger partial charge in [-0.05, 0) is 28.1 Å². The van der Waals surface area contributed by atoms with Gasteiger partial charge in [-0.1, -0.05) is 0 Å². The number of nitrogens with one attached hydrogen (secondary N) is 1. The lowest BCUT2D eigenvalue weighted by atomic mass is 10.1. The van der Waals surface area contributed by atoms with Crippen LogP contribution in [0.2, 0.25) is 0 Å². The van der Waals surface area contributed by atoms with E-state index in [1.165, 1.54) is 6.33 Å². The van der Waals surface area contributed by atoms with Gasteiger partial charge in [0.15, 0.2) is 0 Å². The molecule has 8 nitrogen and oxygen atoms in total. The molecule has 4 aromatic rings. The fraction of sp³-hybridized carbons (Fsp3) is 0.188. The zero-order chi connectivity index (χ0) is 18.1. The molecule has 4 rings (SSSR count). The summed E-state index contributed by atoms with van der Waals surface area (Å²) in [5.74, 6) is 0. The molecule has 0 fully saturated rings. The predicted molar refractivity (Wildman–Crippen MR) is 102 cm³/mol. The van der Waals surface area contributed by atoms with Gasteiger partial charge in [0.2, 0.25) is 6.54 Å². The molecule has 0 aliphatic carbocycles. The Morgan fingerprint density at radius 3 is 3.08 bits per heavy atom. The molecule has 1 unspecified atom stereocenters. The summed E-state index contributed by atoms with van der Waals surface area (Å²) in [6.45, 7) is -0.120. The van der Waals surface area contributed by atoms with E-state index in [1.54, 1.807) is 22.2 Å². The fourth-order valence-electron chi connectivity index (χ4n) is 2.87. The van der Waals surface area contributed by atoms with Crippen LogP contribution < -0.4 is 0 Å². The second-order valence-electron chi connectivity index (χ2n) is 5.70. The maximum atomic E-state index is 10.9. The summed E-state index contributed by atoms with van der Waals surface area (Å²) >= 11 is 5.00. The molecule has 132 valence electrons. The van der Waals surface area contributed by atoms with E-state index in [9.17, 15) is 10.1 Å². The molecule has 0 radical (unpaired) electrons. The molecule has 10 heteroatoms. The highest BCUT2D eigenvalue weighted by Gasteiger charge is 2.20. The van der Waals surface area contributed by atoms with Gasteiger partial charge in [0.05, 0.1) is 17.9 Å². The van der Waals surface area contributed by atoms with Crippen molar-refractivity contribution >= 4 is 38.3 Å². The van der Waals surface area contributed by atoms with Gasteiger partial charge >= 0.3 is 0 Å². The van der Waals surface area contributed by atoms with Crippen LogP contribution in [0.5, 0.6) is 0 Å². The van der Waals surface area contributed by atoms with E-state index in [1.807, 2.05) is 29.9 Å². The SMILES string of the molecule is O=[N+]([O-])CCC(c1cc(Br)cs1)n1cc(-c2ncnc3[nH]ccc23)cn1. The molecular weight excluding hydrogens is 420 g/mol. The smallest absolute Gasteiger partial charge is 0.206 e. The first kappa shape index (κ1) is 16.9. The minimum absolute atomic E-state index is 0.120. The Labute approximate surface area is 160 Å². The van der Waals surface area contributed by atoms with Crippen molar-refractivity contribution in [2.24, 2.45) is 0 Å². The average molecular weight is 433 g/mol. The monoisotopic (exact) mass is 432 g/mol. The Bertz CT molecular complexity index is 1070. The molecule has 0 spiro atoms. The number of hydrogen-bond donors (Lipinski definition) is 1. The van der Waals surface area contributed by atoms with Crippen molar-refractivity contribution < 1.29 is 4.92 Å². The lowest BCUT2D eigenvalue weighted by Gasteiger charge is -2.14. The molecule has 0 saturated heterocycles. The largest absolute Gasteiger partial charge is 0.346 e. The Morgan fingerprint density at radius 2 is 2.31 bits per heavy atom. The molecule has 0 saturated carbocycles. The molecule has 1 N–H and O–H groups in total. The number of nitrogens with zero attached hydrogens (tertiary/aromatic N) is 5. The first-order valence-electron chi connectivity index (χ1n) is 7.80. The van der Waals surface area contributed by atoms with Gasteiger partial charge in [-0.3, -0.25) is 14.8 Å². The van der Waals surface area contributed by atoms with Crippen LogP contribution >= 0.6 is 27.3 Å². The summed E-state index contributed by atoms with van der Waals surface area (Å²) in [5, 5.41) is 18.2. The third kappa shape index (κ3) is 3.25. The first-order chi connectivity index (χ1) is 12.6. The Kier molecular flexibility index (Phi) is 4.51. The molecule has 26 heavy (non-hydrogen) atoms. The average Bonchev–Trinajstić information content (AvgIpc) is 3.35. The Hall–Kier alpha value is -2.59. The summed E-state index contributed by atoms with van der Waals surface area (Å²) in [6, 6.07) is 3.70. The van der Waals surface area contributed by atoms with Crippen molar-refractivity contribution in [3.8, 4) is 11.3 Å². The second-order valence-corrected chi connectivity index (χ2v) is 7.56. The third-order valence-corrected chi connectivity index (χ3v) is 5.84. The number of aromatic nitrogens is 5. The van der Waals surface area contributed by atoms with Crippen LogP contribution in [-0.4, -0.2) is 36.2 Å². The van der Waals surface area contributed by atoms with E-state index in [2.05, 4.69) is 36.0 Å². The Morgan fingerprint density at radius 1 is 1.42 bits per heavy atom. The van der Waals surface area contributed by atoms with E-state index in [0.717, 1.165) is 31.6 Å².